The highest BCUT2D eigenvalue weighted by Gasteiger charge is 2.30. The zero-order chi connectivity index (χ0) is 23.8. The van der Waals surface area contributed by atoms with Gasteiger partial charge in [0.15, 0.2) is 11.6 Å². The molecule has 0 aliphatic carbocycles. The van der Waals surface area contributed by atoms with Crippen LogP contribution < -0.4 is 15.4 Å². The molecule has 0 bridgehead atoms. The van der Waals surface area contributed by atoms with E-state index in [9.17, 15) is 26.7 Å². The molecule has 6 nitrogen and oxygen atoms in total. The number of nitrogens with zero attached hydrogens (tertiary/aromatic N) is 1. The van der Waals surface area contributed by atoms with Gasteiger partial charge >= 0.3 is 12.2 Å². The number of urea groups is 1. The van der Waals surface area contributed by atoms with Gasteiger partial charge in [-0.25, -0.2) is 18.6 Å². The maximum absolute atomic E-state index is 14.5. The van der Waals surface area contributed by atoms with Crippen molar-refractivity contribution in [2.45, 2.75) is 6.18 Å². The number of amides is 2. The predicted octanol–water partition coefficient (Wildman–Crippen LogP) is 6.18. The maximum atomic E-state index is 14.5. The zero-order valence-electron chi connectivity index (χ0n) is 16.8. The Morgan fingerprint density at radius 1 is 1.06 bits per heavy atom. The Kier molecular flexibility index (Phi) is 5.62. The van der Waals surface area contributed by atoms with Gasteiger partial charge in [0.25, 0.3) is 0 Å². The molecule has 2 aromatic heterocycles. The molecule has 0 atom stereocenters. The van der Waals surface area contributed by atoms with E-state index in [2.05, 4.69) is 20.6 Å². The first-order chi connectivity index (χ1) is 15.7. The molecule has 0 aliphatic rings. The first-order valence-electron chi connectivity index (χ1n) is 9.42. The van der Waals surface area contributed by atoms with Crippen molar-refractivity contribution in [3.05, 3.63) is 72.1 Å². The average Bonchev–Trinajstić information content (AvgIpc) is 3.17. The van der Waals surface area contributed by atoms with Crippen LogP contribution in [0.3, 0.4) is 0 Å². The third-order valence-electron chi connectivity index (χ3n) is 4.81. The lowest BCUT2D eigenvalue weighted by atomic mass is 10.0. The number of ether oxygens (including phenoxy) is 1. The Morgan fingerprint density at radius 3 is 2.45 bits per heavy atom. The molecular formula is C22H15F5N4O2. The fourth-order valence-electron chi connectivity index (χ4n) is 3.24. The fourth-order valence-corrected chi connectivity index (χ4v) is 3.24. The van der Waals surface area contributed by atoms with Gasteiger partial charge in [0.1, 0.15) is 11.4 Å². The van der Waals surface area contributed by atoms with Crippen LogP contribution in [0.4, 0.5) is 38.1 Å². The number of carbonyl (C=O) groups is 1. The molecule has 3 N–H and O–H groups in total. The van der Waals surface area contributed by atoms with E-state index >= 15 is 0 Å². The van der Waals surface area contributed by atoms with Gasteiger partial charge in [0, 0.05) is 29.0 Å². The van der Waals surface area contributed by atoms with Crippen molar-refractivity contribution in [2.75, 3.05) is 17.7 Å². The molecule has 33 heavy (non-hydrogen) atoms. The van der Waals surface area contributed by atoms with Crippen LogP contribution in [0, 0.1) is 11.6 Å². The first-order valence-corrected chi connectivity index (χ1v) is 9.42. The highest BCUT2D eigenvalue weighted by molar-refractivity contribution is 6.06. The summed E-state index contributed by atoms with van der Waals surface area (Å²) < 4.78 is 71.4. The summed E-state index contributed by atoms with van der Waals surface area (Å²) in [5, 5.41) is 5.36. The van der Waals surface area contributed by atoms with Gasteiger partial charge in [-0.1, -0.05) is 0 Å². The van der Waals surface area contributed by atoms with Crippen LogP contribution in [0.5, 0.6) is 5.75 Å². The van der Waals surface area contributed by atoms with Crippen molar-refractivity contribution < 1.29 is 31.5 Å². The van der Waals surface area contributed by atoms with E-state index in [0.717, 1.165) is 30.3 Å². The molecule has 0 fully saturated rings. The molecule has 0 spiro atoms. The molecular weight excluding hydrogens is 447 g/mol. The third-order valence-corrected chi connectivity index (χ3v) is 4.81. The minimum atomic E-state index is -4.49. The Labute approximate surface area is 183 Å². The highest BCUT2D eigenvalue weighted by Crippen LogP contribution is 2.36. The van der Waals surface area contributed by atoms with E-state index in [1.54, 1.807) is 0 Å². The van der Waals surface area contributed by atoms with Crippen molar-refractivity contribution in [3.63, 3.8) is 0 Å². The lowest BCUT2D eigenvalue weighted by molar-refractivity contribution is -0.137. The number of carbonyl (C=O) groups excluding carboxylic acids is 1. The van der Waals surface area contributed by atoms with Crippen molar-refractivity contribution in [2.24, 2.45) is 0 Å². The number of anilines is 2. The lowest BCUT2D eigenvalue weighted by Crippen LogP contribution is -2.19. The maximum Gasteiger partial charge on any atom is 0.416 e. The van der Waals surface area contributed by atoms with Gasteiger partial charge in [-0.05, 0) is 42.5 Å². The topological polar surface area (TPSA) is 79.0 Å². The predicted molar refractivity (Wildman–Crippen MR) is 112 cm³/mol. The van der Waals surface area contributed by atoms with E-state index < -0.39 is 29.4 Å². The Hall–Kier alpha value is -4.15. The number of rotatable bonds is 4. The number of halogens is 5. The van der Waals surface area contributed by atoms with Crippen LogP contribution in [0.15, 0.2) is 54.9 Å². The number of pyridine rings is 1. The van der Waals surface area contributed by atoms with E-state index in [1.165, 1.54) is 31.6 Å². The van der Waals surface area contributed by atoms with E-state index in [1.807, 2.05) is 0 Å². The molecule has 0 radical (unpaired) electrons. The summed E-state index contributed by atoms with van der Waals surface area (Å²) in [4.78, 5) is 19.4. The van der Waals surface area contributed by atoms with Crippen molar-refractivity contribution in [3.8, 4) is 16.9 Å². The number of aromatic amines is 1. The second-order valence-electron chi connectivity index (χ2n) is 6.92. The fraction of sp³-hybridized carbons (Fsp3) is 0.0909. The number of benzene rings is 2. The van der Waals surface area contributed by atoms with Crippen LogP contribution in [0.2, 0.25) is 0 Å². The average molecular weight is 462 g/mol. The van der Waals surface area contributed by atoms with Gasteiger partial charge in [-0.15, -0.1) is 0 Å². The van der Waals surface area contributed by atoms with Crippen LogP contribution in [-0.2, 0) is 6.18 Å². The molecule has 0 aliphatic heterocycles. The number of hydrogen-bond acceptors (Lipinski definition) is 3. The van der Waals surface area contributed by atoms with Gasteiger partial charge in [-0.3, -0.25) is 0 Å². The number of H-pyrrole nitrogens is 1. The molecule has 0 unspecified atom stereocenters. The summed E-state index contributed by atoms with van der Waals surface area (Å²) in [6.45, 7) is 0. The number of methoxy groups -OCH3 is 1. The second-order valence-corrected chi connectivity index (χ2v) is 6.92. The van der Waals surface area contributed by atoms with E-state index in [0.29, 0.717) is 11.0 Å². The van der Waals surface area contributed by atoms with Crippen LogP contribution in [0.25, 0.3) is 22.2 Å². The van der Waals surface area contributed by atoms with Gasteiger partial charge in [-0.2, -0.15) is 13.2 Å². The summed E-state index contributed by atoms with van der Waals surface area (Å²) in [5.74, 6) is -2.07. The van der Waals surface area contributed by atoms with Crippen molar-refractivity contribution >= 4 is 28.4 Å². The quantitative estimate of drug-likeness (QED) is 0.317. The van der Waals surface area contributed by atoms with E-state index in [4.69, 9.17) is 4.74 Å². The zero-order valence-corrected chi connectivity index (χ0v) is 16.8. The number of hydrogen-bond donors (Lipinski definition) is 3. The van der Waals surface area contributed by atoms with E-state index in [-0.39, 0.29) is 28.3 Å². The molecule has 4 aromatic rings. The first kappa shape index (κ1) is 22.1. The Balaban J connectivity index is 1.60. The van der Waals surface area contributed by atoms with Crippen LogP contribution >= 0.6 is 0 Å². The number of aromatic nitrogens is 2. The lowest BCUT2D eigenvalue weighted by Gasteiger charge is -2.11. The summed E-state index contributed by atoms with van der Waals surface area (Å²) in [5.41, 5.74) is 0.00345. The standard InChI is InChI=1S/C22H15F5N4O2/c1-33-17-7-6-15(23)19(24)18(17)11-8-14-16(10-29-20(14)28-9-11)31-21(32)30-13-4-2-12(3-5-13)22(25,26)27/h2-10H,1H3,(H,28,29)(H2,30,31,32). The molecule has 170 valence electrons. The highest BCUT2D eigenvalue weighted by atomic mass is 19.4. The molecule has 0 saturated heterocycles. The number of nitrogens with one attached hydrogen (secondary N) is 3. The normalized spacial score (nSPS) is 11.5. The minimum Gasteiger partial charge on any atom is -0.496 e. The van der Waals surface area contributed by atoms with Crippen LogP contribution in [-0.4, -0.2) is 23.1 Å². The largest absolute Gasteiger partial charge is 0.496 e. The van der Waals surface area contributed by atoms with Gasteiger partial charge in [0.05, 0.1) is 23.9 Å². The minimum absolute atomic E-state index is 0.0974. The van der Waals surface area contributed by atoms with Gasteiger partial charge in [0.2, 0.25) is 0 Å². The Bertz CT molecular complexity index is 1330. The molecule has 11 heteroatoms. The summed E-state index contributed by atoms with van der Waals surface area (Å²) in [6, 6.07) is 6.93. The molecule has 2 aromatic carbocycles. The second kappa shape index (κ2) is 8.41. The number of fused-ring (bicyclic) bond motifs is 1. The van der Waals surface area contributed by atoms with Crippen LogP contribution in [0.1, 0.15) is 5.56 Å². The number of alkyl halides is 3. The third kappa shape index (κ3) is 4.43. The monoisotopic (exact) mass is 462 g/mol. The molecule has 2 amide bonds. The summed E-state index contributed by atoms with van der Waals surface area (Å²) in [6.07, 6.45) is -1.72. The molecule has 2 heterocycles. The van der Waals surface area contributed by atoms with Gasteiger partial charge < -0.3 is 20.4 Å². The smallest absolute Gasteiger partial charge is 0.416 e. The molecule has 0 saturated carbocycles. The SMILES string of the molecule is COc1ccc(F)c(F)c1-c1cnc2[nH]cc(NC(=O)Nc3ccc(C(F)(F)F)cc3)c2c1. The van der Waals surface area contributed by atoms with Crippen molar-refractivity contribution in [1.82, 2.24) is 9.97 Å². The molecule has 4 rings (SSSR count). The summed E-state index contributed by atoms with van der Waals surface area (Å²) >= 11 is 0. The summed E-state index contributed by atoms with van der Waals surface area (Å²) in [7, 11) is 1.32. The Morgan fingerprint density at radius 2 is 1.79 bits per heavy atom. The van der Waals surface area contributed by atoms with Crippen molar-refractivity contribution in [1.29, 1.82) is 0 Å².